The van der Waals surface area contributed by atoms with Crippen LogP contribution in [0.1, 0.15) is 11.3 Å². The van der Waals surface area contributed by atoms with Gasteiger partial charge in [-0.2, -0.15) is 9.61 Å². The van der Waals surface area contributed by atoms with E-state index in [1.807, 2.05) is 35.1 Å². The van der Waals surface area contributed by atoms with Crippen molar-refractivity contribution in [3.8, 4) is 11.3 Å². The Kier molecular flexibility index (Phi) is 5.04. The van der Waals surface area contributed by atoms with Gasteiger partial charge >= 0.3 is 0 Å². The van der Waals surface area contributed by atoms with Crippen molar-refractivity contribution < 1.29 is 4.74 Å². The second-order valence-corrected chi connectivity index (χ2v) is 8.03. The van der Waals surface area contributed by atoms with Gasteiger partial charge in [0.05, 0.1) is 31.1 Å². The number of morpholine rings is 1. The number of rotatable bonds is 5. The molecule has 8 heteroatoms. The lowest BCUT2D eigenvalue weighted by atomic mass is 10.2. The van der Waals surface area contributed by atoms with E-state index in [0.717, 1.165) is 52.6 Å². The fraction of sp³-hybridized carbons (Fsp3) is 0.200. The minimum atomic E-state index is 0.492. The average molecular weight is 438 g/mol. The van der Waals surface area contributed by atoms with Crippen LogP contribution in [-0.2, 0) is 11.3 Å². The van der Waals surface area contributed by atoms with Crippen molar-refractivity contribution in [3.63, 3.8) is 0 Å². The van der Waals surface area contributed by atoms with Crippen LogP contribution in [0.3, 0.4) is 0 Å². The minimum Gasteiger partial charge on any atom is -0.378 e. The Labute approximate surface area is 190 Å². The van der Waals surface area contributed by atoms with Gasteiger partial charge in [-0.25, -0.2) is 4.98 Å². The largest absolute Gasteiger partial charge is 0.378 e. The molecule has 0 bridgehead atoms. The zero-order valence-electron chi connectivity index (χ0n) is 18.1. The van der Waals surface area contributed by atoms with Gasteiger partial charge in [0.15, 0.2) is 5.65 Å². The summed E-state index contributed by atoms with van der Waals surface area (Å²) in [5.41, 5.74) is 5.77. The first-order chi connectivity index (χ1) is 16.3. The number of fused-ring (bicyclic) bond motifs is 2. The van der Waals surface area contributed by atoms with Gasteiger partial charge in [-0.05, 0) is 35.2 Å². The molecule has 33 heavy (non-hydrogen) atoms. The summed E-state index contributed by atoms with van der Waals surface area (Å²) in [6, 6.07) is 16.4. The number of H-pyrrole nitrogens is 1. The van der Waals surface area contributed by atoms with Crippen molar-refractivity contribution in [3.05, 3.63) is 78.4 Å². The number of anilines is 1. The molecule has 1 aliphatic heterocycles. The van der Waals surface area contributed by atoms with E-state index in [2.05, 4.69) is 50.2 Å². The highest BCUT2D eigenvalue weighted by molar-refractivity contribution is 5.88. The molecule has 0 saturated carbocycles. The molecule has 1 aliphatic rings. The molecule has 5 aromatic rings. The molecular formula is C25H23N7O. The number of nitrogens with zero attached hydrogens (tertiary/aromatic N) is 6. The van der Waals surface area contributed by atoms with Gasteiger partial charge in [0.1, 0.15) is 5.82 Å². The monoisotopic (exact) mass is 437 g/mol. The van der Waals surface area contributed by atoms with Crippen molar-refractivity contribution >= 4 is 28.6 Å². The first kappa shape index (κ1) is 19.6. The molecule has 0 aliphatic carbocycles. The Morgan fingerprint density at radius 1 is 1.03 bits per heavy atom. The molecule has 1 N–H and O–H groups in total. The molecule has 0 unspecified atom stereocenters. The molecule has 164 valence electrons. The van der Waals surface area contributed by atoms with Crippen LogP contribution in [0.2, 0.25) is 0 Å². The number of hydrogen-bond donors (Lipinski definition) is 1. The first-order valence-electron chi connectivity index (χ1n) is 11.0. The van der Waals surface area contributed by atoms with Crippen LogP contribution in [0.4, 0.5) is 5.82 Å². The summed E-state index contributed by atoms with van der Waals surface area (Å²) in [7, 11) is 0. The highest BCUT2D eigenvalue weighted by atomic mass is 16.5. The summed E-state index contributed by atoms with van der Waals surface area (Å²) >= 11 is 0. The Hall–Kier alpha value is -4.04. The quantitative estimate of drug-likeness (QED) is 0.424. The molecule has 6 rings (SSSR count). The molecule has 1 aromatic carbocycles. The summed E-state index contributed by atoms with van der Waals surface area (Å²) in [5.74, 6) is 1.02. The van der Waals surface area contributed by atoms with E-state index >= 15 is 0 Å². The third-order valence-corrected chi connectivity index (χ3v) is 5.85. The Balaban J connectivity index is 1.34. The molecule has 8 nitrogen and oxygen atoms in total. The summed E-state index contributed by atoms with van der Waals surface area (Å²) < 4.78 is 7.48. The normalized spacial score (nSPS) is 14.6. The lowest BCUT2D eigenvalue weighted by Gasteiger charge is -2.29. The van der Waals surface area contributed by atoms with E-state index in [1.165, 1.54) is 5.39 Å². The van der Waals surface area contributed by atoms with Crippen LogP contribution in [0.25, 0.3) is 27.8 Å². The van der Waals surface area contributed by atoms with E-state index in [1.54, 1.807) is 12.4 Å². The Morgan fingerprint density at radius 2 is 1.91 bits per heavy atom. The number of benzene rings is 1. The molecule has 0 amide bonds. The van der Waals surface area contributed by atoms with Gasteiger partial charge < -0.3 is 14.6 Å². The lowest BCUT2D eigenvalue weighted by Crippen LogP contribution is -2.37. The SMILES string of the molecule is C(=NCc1cc(N2CCOCC2)n2nc(-c3ccncc3)cc2n1)c1ccc2cc[nH]c2c1. The molecule has 0 radical (unpaired) electrons. The third kappa shape index (κ3) is 3.96. The zero-order valence-corrected chi connectivity index (χ0v) is 18.1. The number of nitrogens with one attached hydrogen (secondary N) is 1. The minimum absolute atomic E-state index is 0.492. The molecule has 4 aromatic heterocycles. The number of pyridine rings is 1. The highest BCUT2D eigenvalue weighted by Crippen LogP contribution is 2.24. The maximum absolute atomic E-state index is 5.56. The van der Waals surface area contributed by atoms with Crippen molar-refractivity contribution in [2.45, 2.75) is 6.54 Å². The van der Waals surface area contributed by atoms with Crippen LogP contribution < -0.4 is 4.90 Å². The number of aromatic amines is 1. The summed E-state index contributed by atoms with van der Waals surface area (Å²) in [5, 5.41) is 6.05. The molecule has 1 saturated heterocycles. The number of hydrogen-bond acceptors (Lipinski definition) is 6. The standard InChI is InChI=1S/C25H23N7O/c1-2-19-5-8-28-22(19)13-18(1)16-27-17-21-14-25(31-9-11-33-12-10-31)32-24(29-21)15-23(30-32)20-3-6-26-7-4-20/h1-8,13-16,28H,9-12,17H2. The van der Waals surface area contributed by atoms with Gasteiger partial charge in [-0.3, -0.25) is 9.98 Å². The predicted molar refractivity (Wildman–Crippen MR) is 129 cm³/mol. The second-order valence-electron chi connectivity index (χ2n) is 8.03. The summed E-state index contributed by atoms with van der Waals surface area (Å²) in [6.07, 6.45) is 7.41. The third-order valence-electron chi connectivity index (χ3n) is 5.85. The molecule has 0 spiro atoms. The molecule has 5 heterocycles. The fourth-order valence-corrected chi connectivity index (χ4v) is 4.16. The number of aromatic nitrogens is 5. The van der Waals surface area contributed by atoms with Crippen LogP contribution in [-0.4, -0.2) is 57.1 Å². The first-order valence-corrected chi connectivity index (χ1v) is 11.0. The van der Waals surface area contributed by atoms with Crippen LogP contribution >= 0.6 is 0 Å². The average Bonchev–Trinajstić information content (AvgIpc) is 3.51. The van der Waals surface area contributed by atoms with Gasteiger partial charge in [0, 0.05) is 61.1 Å². The van der Waals surface area contributed by atoms with Gasteiger partial charge in [0.25, 0.3) is 0 Å². The maximum atomic E-state index is 5.56. The van der Waals surface area contributed by atoms with E-state index in [4.69, 9.17) is 14.8 Å². The van der Waals surface area contributed by atoms with E-state index in [-0.39, 0.29) is 0 Å². The van der Waals surface area contributed by atoms with E-state index in [9.17, 15) is 0 Å². The lowest BCUT2D eigenvalue weighted by molar-refractivity contribution is 0.122. The number of ether oxygens (including phenoxy) is 1. The maximum Gasteiger partial charge on any atom is 0.158 e. The van der Waals surface area contributed by atoms with E-state index in [0.29, 0.717) is 19.8 Å². The molecule has 1 fully saturated rings. The summed E-state index contributed by atoms with van der Waals surface area (Å²) in [6.45, 7) is 3.55. The second kappa shape index (κ2) is 8.48. The molecule has 0 atom stereocenters. The van der Waals surface area contributed by atoms with Crippen LogP contribution in [0, 0.1) is 0 Å². The fourth-order valence-electron chi connectivity index (χ4n) is 4.16. The topological polar surface area (TPSA) is 83.7 Å². The van der Waals surface area contributed by atoms with Crippen molar-refractivity contribution in [1.82, 2.24) is 24.6 Å². The van der Waals surface area contributed by atoms with Gasteiger partial charge in [-0.15, -0.1) is 0 Å². The zero-order chi connectivity index (χ0) is 22.0. The molecular weight excluding hydrogens is 414 g/mol. The Bertz CT molecular complexity index is 1430. The van der Waals surface area contributed by atoms with Gasteiger partial charge in [0.2, 0.25) is 0 Å². The smallest absolute Gasteiger partial charge is 0.158 e. The van der Waals surface area contributed by atoms with Crippen LogP contribution in [0.15, 0.2) is 72.1 Å². The van der Waals surface area contributed by atoms with Crippen molar-refractivity contribution in [2.24, 2.45) is 4.99 Å². The van der Waals surface area contributed by atoms with E-state index < -0.39 is 0 Å². The van der Waals surface area contributed by atoms with Crippen molar-refractivity contribution in [1.29, 1.82) is 0 Å². The van der Waals surface area contributed by atoms with Gasteiger partial charge in [-0.1, -0.05) is 12.1 Å². The predicted octanol–water partition coefficient (Wildman–Crippen LogP) is 3.73. The number of aliphatic imine (C=N–C) groups is 1. The van der Waals surface area contributed by atoms with Crippen molar-refractivity contribution in [2.75, 3.05) is 31.2 Å². The Morgan fingerprint density at radius 3 is 2.79 bits per heavy atom. The summed E-state index contributed by atoms with van der Waals surface area (Å²) in [4.78, 5) is 19.2. The van der Waals surface area contributed by atoms with Crippen LogP contribution in [0.5, 0.6) is 0 Å². The highest BCUT2D eigenvalue weighted by Gasteiger charge is 2.18.